The molecule has 1 aliphatic rings. The molecule has 1 saturated heterocycles. The van der Waals surface area contributed by atoms with Gasteiger partial charge in [0.05, 0.1) is 6.04 Å². The van der Waals surface area contributed by atoms with Gasteiger partial charge in [-0.05, 0) is 6.42 Å². The van der Waals surface area contributed by atoms with Crippen LogP contribution in [0.5, 0.6) is 0 Å². The number of carbonyl (C=O) groups excluding carboxylic acids is 2. The van der Waals surface area contributed by atoms with Crippen LogP contribution < -0.4 is 11.1 Å². The van der Waals surface area contributed by atoms with E-state index < -0.39 is 6.09 Å². The van der Waals surface area contributed by atoms with Crippen LogP contribution in [0.3, 0.4) is 0 Å². The number of nitrogens with two attached hydrogens (primary N) is 1. The van der Waals surface area contributed by atoms with E-state index in [0.29, 0.717) is 12.8 Å². The van der Waals surface area contributed by atoms with Crippen LogP contribution in [0.15, 0.2) is 0 Å². The van der Waals surface area contributed by atoms with Crippen molar-refractivity contribution in [3.8, 4) is 0 Å². The van der Waals surface area contributed by atoms with Crippen molar-refractivity contribution >= 4 is 12.0 Å². The summed E-state index contributed by atoms with van der Waals surface area (Å²) >= 11 is 0. The normalized spacial score (nSPS) is 23.4. The number of nitrogens with one attached hydrogen (secondary N) is 1. The van der Waals surface area contributed by atoms with Gasteiger partial charge in [0.15, 0.2) is 0 Å². The molecule has 0 aromatic rings. The number of carbonyl (C=O) groups is 2. The number of amides is 2. The Morgan fingerprint density at radius 3 is 2.53 bits per heavy atom. The standard InChI is InChI=1S/C10H18N2O3/c1-10(2,3)8(15-9(11)14)6-4-5-7(13)12-6/h6,8H,4-5H2,1-3H3,(H2,11,14)(H,12,13)/t6-,8?/m0/s1. The first-order valence-corrected chi connectivity index (χ1v) is 5.06. The zero-order valence-corrected chi connectivity index (χ0v) is 9.37. The van der Waals surface area contributed by atoms with Gasteiger partial charge in [-0.1, -0.05) is 20.8 Å². The Hall–Kier alpha value is -1.26. The Balaban J connectivity index is 2.72. The lowest BCUT2D eigenvalue weighted by Gasteiger charge is -2.33. The largest absolute Gasteiger partial charge is 0.444 e. The molecule has 2 atom stereocenters. The first kappa shape index (κ1) is 11.8. The molecule has 0 radical (unpaired) electrons. The predicted octanol–water partition coefficient (Wildman–Crippen LogP) is 0.775. The third-order valence-corrected chi connectivity index (χ3v) is 2.49. The summed E-state index contributed by atoms with van der Waals surface area (Å²) in [4.78, 5) is 21.9. The third-order valence-electron chi connectivity index (χ3n) is 2.49. The highest BCUT2D eigenvalue weighted by molar-refractivity contribution is 5.78. The molecule has 1 fully saturated rings. The lowest BCUT2D eigenvalue weighted by Crippen LogP contribution is -2.47. The Bertz CT molecular complexity index is 270. The van der Waals surface area contributed by atoms with E-state index in [-0.39, 0.29) is 23.5 Å². The second-order valence-corrected chi connectivity index (χ2v) is 4.94. The molecule has 0 saturated carbocycles. The molecule has 0 aliphatic carbocycles. The molecule has 86 valence electrons. The molecule has 0 aromatic heterocycles. The van der Waals surface area contributed by atoms with Gasteiger partial charge in [0.2, 0.25) is 5.91 Å². The van der Waals surface area contributed by atoms with E-state index in [1.54, 1.807) is 0 Å². The van der Waals surface area contributed by atoms with E-state index in [2.05, 4.69) is 5.32 Å². The summed E-state index contributed by atoms with van der Waals surface area (Å²) < 4.78 is 5.07. The van der Waals surface area contributed by atoms with Crippen molar-refractivity contribution in [1.82, 2.24) is 5.32 Å². The van der Waals surface area contributed by atoms with Crippen molar-refractivity contribution < 1.29 is 14.3 Å². The molecule has 1 heterocycles. The highest BCUT2D eigenvalue weighted by Gasteiger charge is 2.38. The minimum absolute atomic E-state index is 0.00215. The fourth-order valence-corrected chi connectivity index (χ4v) is 1.85. The van der Waals surface area contributed by atoms with Gasteiger partial charge in [-0.2, -0.15) is 0 Å². The molecule has 15 heavy (non-hydrogen) atoms. The van der Waals surface area contributed by atoms with E-state index in [0.717, 1.165) is 0 Å². The van der Waals surface area contributed by atoms with Crippen molar-refractivity contribution in [1.29, 1.82) is 0 Å². The van der Waals surface area contributed by atoms with Crippen LogP contribution in [0.25, 0.3) is 0 Å². The average molecular weight is 214 g/mol. The van der Waals surface area contributed by atoms with Crippen LogP contribution in [-0.2, 0) is 9.53 Å². The van der Waals surface area contributed by atoms with Gasteiger partial charge in [0, 0.05) is 11.8 Å². The monoisotopic (exact) mass is 214 g/mol. The first-order chi connectivity index (χ1) is 6.80. The summed E-state index contributed by atoms with van der Waals surface area (Å²) in [6.45, 7) is 5.85. The topological polar surface area (TPSA) is 81.4 Å². The fraction of sp³-hybridized carbons (Fsp3) is 0.800. The molecule has 0 spiro atoms. The van der Waals surface area contributed by atoms with Crippen molar-refractivity contribution in [2.24, 2.45) is 11.1 Å². The second kappa shape index (κ2) is 4.08. The molecule has 1 rings (SSSR count). The Morgan fingerprint density at radius 2 is 2.20 bits per heavy atom. The number of ether oxygens (including phenoxy) is 1. The zero-order valence-electron chi connectivity index (χ0n) is 9.37. The molecular weight excluding hydrogens is 196 g/mol. The first-order valence-electron chi connectivity index (χ1n) is 5.06. The predicted molar refractivity (Wildman–Crippen MR) is 55.1 cm³/mol. The van der Waals surface area contributed by atoms with Gasteiger partial charge in [-0.25, -0.2) is 4.79 Å². The van der Waals surface area contributed by atoms with Crippen LogP contribution in [0.1, 0.15) is 33.6 Å². The smallest absolute Gasteiger partial charge is 0.404 e. The zero-order chi connectivity index (χ0) is 11.6. The maximum atomic E-state index is 11.1. The SMILES string of the molecule is CC(C)(C)C(OC(N)=O)[C@@H]1CCC(=O)N1. The van der Waals surface area contributed by atoms with Gasteiger partial charge in [-0.3, -0.25) is 4.79 Å². The number of hydrogen-bond donors (Lipinski definition) is 2. The van der Waals surface area contributed by atoms with E-state index in [1.807, 2.05) is 20.8 Å². The van der Waals surface area contributed by atoms with Crippen molar-refractivity contribution in [2.75, 3.05) is 0 Å². The average Bonchev–Trinajstić information content (AvgIpc) is 2.45. The van der Waals surface area contributed by atoms with Gasteiger partial charge in [-0.15, -0.1) is 0 Å². The summed E-state index contributed by atoms with van der Waals surface area (Å²) in [5.41, 5.74) is 4.78. The molecule has 2 amide bonds. The van der Waals surface area contributed by atoms with Crippen molar-refractivity contribution in [2.45, 2.75) is 45.8 Å². The molecule has 0 aromatic carbocycles. The third kappa shape index (κ3) is 3.11. The van der Waals surface area contributed by atoms with Gasteiger partial charge >= 0.3 is 6.09 Å². The Labute approximate surface area is 89.3 Å². The van der Waals surface area contributed by atoms with Crippen LogP contribution in [0, 0.1) is 5.41 Å². The van der Waals surface area contributed by atoms with E-state index in [1.165, 1.54) is 0 Å². The van der Waals surface area contributed by atoms with Crippen LogP contribution in [-0.4, -0.2) is 24.1 Å². The molecule has 1 unspecified atom stereocenters. The number of hydrogen-bond acceptors (Lipinski definition) is 3. The molecule has 3 N–H and O–H groups in total. The maximum Gasteiger partial charge on any atom is 0.404 e. The molecule has 0 bridgehead atoms. The van der Waals surface area contributed by atoms with Gasteiger partial charge in [0.25, 0.3) is 0 Å². The summed E-state index contributed by atoms with van der Waals surface area (Å²) in [6.07, 6.45) is 0.00507. The van der Waals surface area contributed by atoms with Gasteiger partial charge in [0.1, 0.15) is 6.10 Å². The fourth-order valence-electron chi connectivity index (χ4n) is 1.85. The van der Waals surface area contributed by atoms with E-state index >= 15 is 0 Å². The minimum Gasteiger partial charge on any atom is -0.444 e. The van der Waals surface area contributed by atoms with E-state index in [4.69, 9.17) is 10.5 Å². The van der Waals surface area contributed by atoms with Crippen LogP contribution >= 0.6 is 0 Å². The minimum atomic E-state index is -0.795. The Kier molecular flexibility index (Phi) is 3.21. The van der Waals surface area contributed by atoms with Crippen molar-refractivity contribution in [3.05, 3.63) is 0 Å². The summed E-state index contributed by atoms with van der Waals surface area (Å²) in [5.74, 6) is 0.00215. The van der Waals surface area contributed by atoms with Gasteiger partial charge < -0.3 is 15.8 Å². The molecular formula is C10H18N2O3. The summed E-state index contributed by atoms with van der Waals surface area (Å²) in [7, 11) is 0. The second-order valence-electron chi connectivity index (χ2n) is 4.94. The Morgan fingerprint density at radius 1 is 1.60 bits per heavy atom. The summed E-state index contributed by atoms with van der Waals surface area (Å²) in [5, 5.41) is 2.79. The highest BCUT2D eigenvalue weighted by Crippen LogP contribution is 2.28. The van der Waals surface area contributed by atoms with Crippen LogP contribution in [0.4, 0.5) is 4.79 Å². The summed E-state index contributed by atoms with van der Waals surface area (Å²) in [6, 6.07) is -0.120. The highest BCUT2D eigenvalue weighted by atomic mass is 16.6. The lowest BCUT2D eigenvalue weighted by atomic mass is 9.84. The maximum absolute atomic E-state index is 11.1. The van der Waals surface area contributed by atoms with Crippen LogP contribution in [0.2, 0.25) is 0 Å². The van der Waals surface area contributed by atoms with E-state index in [9.17, 15) is 9.59 Å². The quantitative estimate of drug-likeness (QED) is 0.712. The molecule has 1 aliphatic heterocycles. The molecule has 5 heteroatoms. The lowest BCUT2D eigenvalue weighted by molar-refractivity contribution is -0.120. The van der Waals surface area contributed by atoms with Crippen molar-refractivity contribution in [3.63, 3.8) is 0 Å². The number of primary amides is 1. The molecule has 5 nitrogen and oxygen atoms in total. The number of rotatable bonds is 2.